The van der Waals surface area contributed by atoms with Gasteiger partial charge in [0.25, 0.3) is 0 Å². The van der Waals surface area contributed by atoms with E-state index >= 15 is 0 Å². The first-order valence-corrected chi connectivity index (χ1v) is 3.97. The molecule has 1 fully saturated rings. The first-order chi connectivity index (χ1) is 5.77. The number of aliphatic carboxylic acids is 1. The van der Waals surface area contributed by atoms with E-state index in [0.717, 1.165) is 12.0 Å². The van der Waals surface area contributed by atoms with E-state index in [1.165, 1.54) is 5.57 Å². The Morgan fingerprint density at radius 3 is 3.25 bits per heavy atom. The maximum Gasteiger partial charge on any atom is 0.353 e. The number of carboxylic acids is 1. The molecule has 0 amide bonds. The van der Waals surface area contributed by atoms with Crippen LogP contribution >= 0.6 is 0 Å². The fourth-order valence-electron chi connectivity index (χ4n) is 2.00. The molecule has 3 aliphatic rings. The summed E-state index contributed by atoms with van der Waals surface area (Å²) in [7, 11) is 0. The van der Waals surface area contributed by atoms with Gasteiger partial charge in [0, 0.05) is 11.5 Å². The molecular weight excluding hydrogens is 156 g/mol. The molecule has 3 N–H and O–H groups in total. The van der Waals surface area contributed by atoms with Crippen LogP contribution in [0.4, 0.5) is 0 Å². The Balaban J connectivity index is 2.08. The van der Waals surface area contributed by atoms with Crippen LogP contribution in [-0.4, -0.2) is 17.1 Å². The monoisotopic (exact) mass is 164 g/mol. The average Bonchev–Trinajstić information content (AvgIpc) is 2.54. The third kappa shape index (κ3) is 0.587. The van der Waals surface area contributed by atoms with Gasteiger partial charge in [0.15, 0.2) is 0 Å². The van der Waals surface area contributed by atoms with Crippen LogP contribution in [0.5, 0.6) is 0 Å². The first-order valence-electron chi connectivity index (χ1n) is 3.97. The summed E-state index contributed by atoms with van der Waals surface area (Å²) in [6, 6.07) is 0.228. The quantitative estimate of drug-likeness (QED) is 0.500. The number of hydrogen-bond donors (Lipinski definition) is 3. The first kappa shape index (κ1) is 6.25. The van der Waals surface area contributed by atoms with Gasteiger partial charge in [0.05, 0.1) is 6.04 Å². The van der Waals surface area contributed by atoms with Crippen LogP contribution in [0.15, 0.2) is 22.9 Å². The largest absolute Gasteiger partial charge is 0.477 e. The lowest BCUT2D eigenvalue weighted by Crippen LogP contribution is -2.34. The van der Waals surface area contributed by atoms with Crippen molar-refractivity contribution in [2.24, 2.45) is 5.92 Å². The molecule has 0 aromatic rings. The molecule has 2 atom stereocenters. The number of hydrogen-bond acceptors (Lipinski definition) is 3. The Labute approximate surface area is 68.9 Å². The number of nitrogens with one attached hydrogen (secondary N) is 2. The molecule has 0 bridgehead atoms. The fourth-order valence-corrected chi connectivity index (χ4v) is 2.00. The van der Waals surface area contributed by atoms with Crippen LogP contribution in [0.1, 0.15) is 6.42 Å². The zero-order valence-corrected chi connectivity index (χ0v) is 6.29. The second-order valence-electron chi connectivity index (χ2n) is 3.41. The van der Waals surface area contributed by atoms with Crippen molar-refractivity contribution >= 4 is 5.97 Å². The van der Waals surface area contributed by atoms with E-state index in [-0.39, 0.29) is 6.04 Å². The SMILES string of the molecule is O=C(O)C1=C2C=C3CC3C2NN1. The van der Waals surface area contributed by atoms with Gasteiger partial charge in [-0.05, 0) is 6.42 Å². The molecule has 1 heterocycles. The molecule has 0 aromatic carbocycles. The summed E-state index contributed by atoms with van der Waals surface area (Å²) < 4.78 is 0. The standard InChI is InChI=1S/C8H8N2O2/c11-8(12)7-5-2-3-1-4(3)6(5)9-10-7/h2,4,6,9-10H,1H2,(H,11,12). The lowest BCUT2D eigenvalue weighted by Gasteiger charge is -2.05. The van der Waals surface area contributed by atoms with Gasteiger partial charge in [-0.1, -0.05) is 11.6 Å². The lowest BCUT2D eigenvalue weighted by molar-refractivity contribution is -0.133. The summed E-state index contributed by atoms with van der Waals surface area (Å²) in [6.07, 6.45) is 3.14. The van der Waals surface area contributed by atoms with Crippen LogP contribution in [0, 0.1) is 5.92 Å². The van der Waals surface area contributed by atoms with Gasteiger partial charge in [0.1, 0.15) is 5.70 Å². The summed E-state index contributed by atoms with van der Waals surface area (Å²) in [5, 5.41) is 8.77. The zero-order chi connectivity index (χ0) is 8.29. The molecule has 3 rings (SSSR count). The van der Waals surface area contributed by atoms with Crippen molar-refractivity contribution in [1.82, 2.24) is 10.9 Å². The van der Waals surface area contributed by atoms with Crippen LogP contribution in [0.25, 0.3) is 0 Å². The number of rotatable bonds is 1. The summed E-state index contributed by atoms with van der Waals surface area (Å²) >= 11 is 0. The predicted octanol–water partition coefficient (Wildman–Crippen LogP) is -0.239. The van der Waals surface area contributed by atoms with Gasteiger partial charge in [-0.3, -0.25) is 0 Å². The predicted molar refractivity (Wildman–Crippen MR) is 40.9 cm³/mol. The molecule has 62 valence electrons. The molecule has 0 aromatic heterocycles. The number of carboxylic acid groups (broad SMARTS) is 1. The Hall–Kier alpha value is -1.29. The minimum Gasteiger partial charge on any atom is -0.477 e. The van der Waals surface area contributed by atoms with Gasteiger partial charge in [-0.15, -0.1) is 0 Å². The van der Waals surface area contributed by atoms with E-state index < -0.39 is 5.97 Å². The highest BCUT2D eigenvalue weighted by molar-refractivity contribution is 5.89. The van der Waals surface area contributed by atoms with Crippen molar-refractivity contribution in [1.29, 1.82) is 0 Å². The number of fused-ring (bicyclic) bond motifs is 3. The Morgan fingerprint density at radius 2 is 2.50 bits per heavy atom. The Morgan fingerprint density at radius 1 is 1.67 bits per heavy atom. The highest BCUT2D eigenvalue weighted by atomic mass is 16.4. The van der Waals surface area contributed by atoms with Crippen molar-refractivity contribution in [3.05, 3.63) is 22.9 Å². The molecule has 0 radical (unpaired) electrons. The third-order valence-corrected chi connectivity index (χ3v) is 2.71. The van der Waals surface area contributed by atoms with Crippen LogP contribution in [-0.2, 0) is 4.79 Å². The van der Waals surface area contributed by atoms with Crippen molar-refractivity contribution in [3.63, 3.8) is 0 Å². The number of hydrazine groups is 1. The van der Waals surface area contributed by atoms with E-state index in [4.69, 9.17) is 5.11 Å². The summed E-state index contributed by atoms with van der Waals surface area (Å²) in [6.45, 7) is 0. The van der Waals surface area contributed by atoms with Gasteiger partial charge in [-0.25, -0.2) is 10.2 Å². The summed E-state index contributed by atoms with van der Waals surface area (Å²) in [5.41, 5.74) is 8.32. The average molecular weight is 164 g/mol. The molecule has 12 heavy (non-hydrogen) atoms. The molecule has 1 aliphatic heterocycles. The van der Waals surface area contributed by atoms with Crippen molar-refractivity contribution in [3.8, 4) is 0 Å². The van der Waals surface area contributed by atoms with Crippen molar-refractivity contribution in [2.45, 2.75) is 12.5 Å². The Bertz CT molecular complexity index is 343. The molecule has 0 spiro atoms. The molecule has 4 heteroatoms. The maximum atomic E-state index is 10.7. The second-order valence-corrected chi connectivity index (χ2v) is 3.41. The van der Waals surface area contributed by atoms with Crippen LogP contribution < -0.4 is 10.9 Å². The maximum absolute atomic E-state index is 10.7. The third-order valence-electron chi connectivity index (χ3n) is 2.71. The van der Waals surface area contributed by atoms with Gasteiger partial charge < -0.3 is 10.5 Å². The highest BCUT2D eigenvalue weighted by Crippen LogP contribution is 2.50. The normalized spacial score (nSPS) is 35.5. The zero-order valence-electron chi connectivity index (χ0n) is 6.29. The Kier molecular flexibility index (Phi) is 0.895. The topological polar surface area (TPSA) is 61.4 Å². The van der Waals surface area contributed by atoms with Crippen molar-refractivity contribution < 1.29 is 9.90 Å². The van der Waals surface area contributed by atoms with Crippen LogP contribution in [0.3, 0.4) is 0 Å². The second kappa shape index (κ2) is 1.72. The van der Waals surface area contributed by atoms with E-state index in [1.54, 1.807) is 0 Å². The highest BCUT2D eigenvalue weighted by Gasteiger charge is 2.48. The molecule has 2 unspecified atom stereocenters. The smallest absolute Gasteiger partial charge is 0.353 e. The van der Waals surface area contributed by atoms with E-state index in [9.17, 15) is 4.79 Å². The van der Waals surface area contributed by atoms with Crippen LogP contribution in [0.2, 0.25) is 0 Å². The van der Waals surface area contributed by atoms with Crippen molar-refractivity contribution in [2.75, 3.05) is 0 Å². The molecule has 1 saturated carbocycles. The van der Waals surface area contributed by atoms with Gasteiger partial charge in [0.2, 0.25) is 0 Å². The van der Waals surface area contributed by atoms with E-state index in [1.807, 2.05) is 6.08 Å². The molecule has 2 aliphatic carbocycles. The lowest BCUT2D eigenvalue weighted by atomic mass is 10.1. The molecule has 0 saturated heterocycles. The summed E-state index contributed by atoms with van der Waals surface area (Å²) in [5.74, 6) is -0.303. The summed E-state index contributed by atoms with van der Waals surface area (Å²) in [4.78, 5) is 10.7. The van der Waals surface area contributed by atoms with E-state index in [0.29, 0.717) is 11.6 Å². The minimum atomic E-state index is -0.877. The molecular formula is C8H8N2O2. The van der Waals surface area contributed by atoms with Gasteiger partial charge in [-0.2, -0.15) is 0 Å². The molecule has 4 nitrogen and oxygen atoms in total. The number of carbonyl (C=O) groups is 1. The fraction of sp³-hybridized carbons (Fsp3) is 0.375. The van der Waals surface area contributed by atoms with Gasteiger partial charge >= 0.3 is 5.97 Å². The minimum absolute atomic E-state index is 0.228. The van der Waals surface area contributed by atoms with E-state index in [2.05, 4.69) is 10.9 Å².